The molecule has 2 rings (SSSR count). The number of aromatic nitrogens is 2. The van der Waals surface area contributed by atoms with Crippen molar-refractivity contribution in [2.45, 2.75) is 0 Å². The summed E-state index contributed by atoms with van der Waals surface area (Å²) >= 11 is 7.44. The molecule has 0 saturated heterocycles. The molecule has 1 N–H and O–H groups in total. The molecule has 2 aromatic rings. The van der Waals surface area contributed by atoms with E-state index >= 15 is 0 Å². The molecule has 7 heteroatoms. The molecule has 0 radical (unpaired) electrons. The molecule has 4 nitrogen and oxygen atoms in total. The number of benzene rings is 1. The fourth-order valence-electron chi connectivity index (χ4n) is 1.31. The zero-order valence-corrected chi connectivity index (χ0v) is 11.1. The Hall–Kier alpha value is -1.15. The first kappa shape index (κ1) is 12.3. The Balaban J connectivity index is 2.77. The molecule has 0 spiro atoms. The molecule has 0 bridgehead atoms. The zero-order chi connectivity index (χ0) is 12.6. The molecule has 1 aromatic carbocycles. The highest BCUT2D eigenvalue weighted by Crippen LogP contribution is 2.09. The van der Waals surface area contributed by atoms with Gasteiger partial charge < -0.3 is 0 Å². The van der Waals surface area contributed by atoms with E-state index in [2.05, 4.69) is 27.6 Å². The second kappa shape index (κ2) is 4.61. The molecule has 0 unspecified atom stereocenters. The van der Waals surface area contributed by atoms with Crippen LogP contribution in [-0.4, -0.2) is 9.55 Å². The lowest BCUT2D eigenvalue weighted by molar-refractivity contribution is 0.584. The minimum atomic E-state index is -1.18. The Morgan fingerprint density at radius 3 is 2.41 bits per heavy atom. The summed E-state index contributed by atoms with van der Waals surface area (Å²) in [5, 5.41) is -0.582. The Labute approximate surface area is 113 Å². The third kappa shape index (κ3) is 2.27. The van der Waals surface area contributed by atoms with Gasteiger partial charge in [0, 0.05) is 3.57 Å². The van der Waals surface area contributed by atoms with Gasteiger partial charge in [-0.15, -0.1) is 0 Å². The monoisotopic (exact) mass is 366 g/mol. The van der Waals surface area contributed by atoms with Crippen molar-refractivity contribution in [3.63, 3.8) is 0 Å². The van der Waals surface area contributed by atoms with Gasteiger partial charge in [-0.1, -0.05) is 11.6 Å². The predicted molar refractivity (Wildman–Crippen MR) is 70.3 cm³/mol. The highest BCUT2D eigenvalue weighted by molar-refractivity contribution is 14.1. The van der Waals surface area contributed by atoms with Crippen molar-refractivity contribution >= 4 is 34.2 Å². The number of nitrogens with one attached hydrogen (secondary N) is 1. The van der Waals surface area contributed by atoms with Gasteiger partial charge in [-0.05, 0) is 46.9 Å². The first-order valence-corrected chi connectivity index (χ1v) is 5.92. The van der Waals surface area contributed by atoms with Crippen LogP contribution < -0.4 is 11.2 Å². The van der Waals surface area contributed by atoms with Crippen molar-refractivity contribution in [1.29, 1.82) is 0 Å². The number of halogens is 3. The highest BCUT2D eigenvalue weighted by atomic mass is 127. The summed E-state index contributed by atoms with van der Waals surface area (Å²) in [6.45, 7) is 0. The zero-order valence-electron chi connectivity index (χ0n) is 8.21. The molecule has 0 fully saturated rings. The number of nitrogens with zero attached hydrogens (tertiary/aromatic N) is 1. The van der Waals surface area contributed by atoms with E-state index in [1.807, 2.05) is 0 Å². The van der Waals surface area contributed by atoms with E-state index in [1.165, 1.54) is 0 Å². The van der Waals surface area contributed by atoms with Crippen LogP contribution in [0.5, 0.6) is 0 Å². The fourth-order valence-corrected chi connectivity index (χ4v) is 1.83. The van der Waals surface area contributed by atoms with Gasteiger partial charge in [0.05, 0.1) is 5.69 Å². The molecule has 0 aliphatic carbocycles. The van der Waals surface area contributed by atoms with Crippen LogP contribution in [0.15, 0.2) is 33.9 Å². The molecule has 1 heterocycles. The van der Waals surface area contributed by atoms with Crippen LogP contribution in [0.4, 0.5) is 4.39 Å². The molecule has 0 saturated carbocycles. The molecule has 0 atom stereocenters. The topological polar surface area (TPSA) is 54.9 Å². The van der Waals surface area contributed by atoms with E-state index < -0.39 is 22.2 Å². The maximum Gasteiger partial charge on any atom is 0.334 e. The summed E-state index contributed by atoms with van der Waals surface area (Å²) in [6.07, 6.45) is 0. The second-order valence-electron chi connectivity index (χ2n) is 3.18. The van der Waals surface area contributed by atoms with Gasteiger partial charge in [-0.3, -0.25) is 9.78 Å². The van der Waals surface area contributed by atoms with Gasteiger partial charge in [-0.25, -0.2) is 9.36 Å². The van der Waals surface area contributed by atoms with Crippen molar-refractivity contribution in [3.05, 3.63) is 59.6 Å². The summed E-state index contributed by atoms with van der Waals surface area (Å²) in [7, 11) is 0. The quantitative estimate of drug-likeness (QED) is 0.619. The van der Waals surface area contributed by atoms with Crippen LogP contribution in [0.2, 0.25) is 5.15 Å². The Morgan fingerprint density at radius 2 is 1.82 bits per heavy atom. The van der Waals surface area contributed by atoms with Crippen molar-refractivity contribution in [2.24, 2.45) is 0 Å². The lowest BCUT2D eigenvalue weighted by Crippen LogP contribution is -2.35. The van der Waals surface area contributed by atoms with Gasteiger partial charge in [0.2, 0.25) is 5.82 Å². The predicted octanol–water partition coefficient (Wildman–Crippen LogP) is 1.92. The largest absolute Gasteiger partial charge is 0.334 e. The molecule has 0 amide bonds. The van der Waals surface area contributed by atoms with Crippen LogP contribution in [-0.2, 0) is 0 Å². The van der Waals surface area contributed by atoms with Gasteiger partial charge in [-0.2, -0.15) is 4.39 Å². The maximum absolute atomic E-state index is 13.3. The molecule has 1 aromatic heterocycles. The van der Waals surface area contributed by atoms with Gasteiger partial charge in [0.15, 0.2) is 5.15 Å². The van der Waals surface area contributed by atoms with Crippen LogP contribution in [0.3, 0.4) is 0 Å². The van der Waals surface area contributed by atoms with Crippen LogP contribution in [0, 0.1) is 9.39 Å². The van der Waals surface area contributed by atoms with E-state index in [-0.39, 0.29) is 5.69 Å². The molecule has 17 heavy (non-hydrogen) atoms. The second-order valence-corrected chi connectivity index (χ2v) is 4.80. The van der Waals surface area contributed by atoms with E-state index in [9.17, 15) is 14.0 Å². The standard InChI is InChI=1S/C10H5ClFIN2O2/c11-8-7(12)9(16)15(10(17)14-8)6-3-1-5(13)2-4-6/h1-4H,(H,14,17). The molecule has 88 valence electrons. The normalized spacial score (nSPS) is 10.5. The Morgan fingerprint density at radius 1 is 1.24 bits per heavy atom. The fraction of sp³-hybridized carbons (Fsp3) is 0. The van der Waals surface area contributed by atoms with Gasteiger partial charge in [0.1, 0.15) is 0 Å². The number of hydrogen-bond donors (Lipinski definition) is 1. The van der Waals surface area contributed by atoms with Crippen molar-refractivity contribution in [1.82, 2.24) is 9.55 Å². The van der Waals surface area contributed by atoms with E-state index in [0.29, 0.717) is 4.57 Å². The van der Waals surface area contributed by atoms with E-state index in [0.717, 1.165) is 3.57 Å². The summed E-state index contributed by atoms with van der Waals surface area (Å²) in [6, 6.07) is 6.50. The lowest BCUT2D eigenvalue weighted by atomic mass is 10.3. The smallest absolute Gasteiger partial charge is 0.295 e. The molecule has 0 aliphatic heterocycles. The van der Waals surface area contributed by atoms with Crippen molar-refractivity contribution < 1.29 is 4.39 Å². The molecular weight excluding hydrogens is 361 g/mol. The molecule has 0 aliphatic rings. The van der Waals surface area contributed by atoms with Crippen LogP contribution in [0.25, 0.3) is 5.69 Å². The van der Waals surface area contributed by atoms with E-state index in [1.54, 1.807) is 24.3 Å². The maximum atomic E-state index is 13.3. The SMILES string of the molecule is O=c1[nH]c(Cl)c(F)c(=O)n1-c1ccc(I)cc1. The van der Waals surface area contributed by atoms with Crippen LogP contribution in [0.1, 0.15) is 0 Å². The average molecular weight is 367 g/mol. The lowest BCUT2D eigenvalue weighted by Gasteiger charge is -2.05. The third-order valence-corrected chi connectivity index (χ3v) is 3.07. The average Bonchev–Trinajstić information content (AvgIpc) is 2.29. The summed E-state index contributed by atoms with van der Waals surface area (Å²) < 4.78 is 14.9. The minimum absolute atomic E-state index is 0.284. The number of H-pyrrole nitrogens is 1. The summed E-state index contributed by atoms with van der Waals surface area (Å²) in [4.78, 5) is 25.2. The first-order chi connectivity index (χ1) is 8.00. The highest BCUT2D eigenvalue weighted by Gasteiger charge is 2.13. The first-order valence-electron chi connectivity index (χ1n) is 4.47. The van der Waals surface area contributed by atoms with Crippen molar-refractivity contribution in [2.75, 3.05) is 0 Å². The molecular formula is C10H5ClFIN2O2. The van der Waals surface area contributed by atoms with Gasteiger partial charge in [0.25, 0.3) is 5.56 Å². The van der Waals surface area contributed by atoms with Crippen molar-refractivity contribution in [3.8, 4) is 5.69 Å². The summed E-state index contributed by atoms with van der Waals surface area (Å²) in [5.41, 5.74) is -1.56. The number of hydrogen-bond acceptors (Lipinski definition) is 2. The number of aromatic amines is 1. The van der Waals surface area contributed by atoms with Gasteiger partial charge >= 0.3 is 5.69 Å². The Bertz CT molecular complexity index is 678. The van der Waals surface area contributed by atoms with Crippen LogP contribution >= 0.6 is 34.2 Å². The minimum Gasteiger partial charge on any atom is -0.295 e. The summed E-state index contributed by atoms with van der Waals surface area (Å²) in [5.74, 6) is -1.18. The third-order valence-electron chi connectivity index (χ3n) is 2.09. The number of rotatable bonds is 1. The van der Waals surface area contributed by atoms with E-state index in [4.69, 9.17) is 11.6 Å². The Kier molecular flexibility index (Phi) is 3.34.